The molecule has 3 aliphatic heterocycles. The van der Waals surface area contributed by atoms with Gasteiger partial charge in [-0.2, -0.15) is 0 Å². The van der Waals surface area contributed by atoms with E-state index in [4.69, 9.17) is 9.47 Å². The highest BCUT2D eigenvalue weighted by Gasteiger charge is 2.30. The second-order valence-corrected chi connectivity index (χ2v) is 8.46. The van der Waals surface area contributed by atoms with Gasteiger partial charge in [-0.25, -0.2) is 4.68 Å². The molecule has 2 aromatic rings. The van der Waals surface area contributed by atoms with Crippen LogP contribution in [0.1, 0.15) is 24.8 Å². The molecule has 10 heteroatoms. The average Bonchev–Trinajstić information content (AvgIpc) is 3.50. The van der Waals surface area contributed by atoms with E-state index in [9.17, 15) is 4.79 Å². The average molecular weight is 428 g/mol. The number of rotatable bonds is 6. The van der Waals surface area contributed by atoms with Gasteiger partial charge in [0.1, 0.15) is 6.33 Å². The van der Waals surface area contributed by atoms with Crippen LogP contribution < -0.4 is 9.47 Å². The van der Waals surface area contributed by atoms with E-state index in [0.29, 0.717) is 25.8 Å². The molecule has 3 aliphatic rings. The third-order valence-corrected chi connectivity index (χ3v) is 6.46. The molecule has 0 saturated carbocycles. The highest BCUT2D eigenvalue weighted by molar-refractivity contribution is 5.76. The van der Waals surface area contributed by atoms with Gasteiger partial charge in [-0.15, -0.1) is 5.10 Å². The van der Waals surface area contributed by atoms with Gasteiger partial charge in [0.05, 0.1) is 6.54 Å². The molecule has 0 spiro atoms. The summed E-state index contributed by atoms with van der Waals surface area (Å²) in [4.78, 5) is 19.7. The minimum atomic E-state index is 0.196. The summed E-state index contributed by atoms with van der Waals surface area (Å²) in [6.07, 6.45) is 4.23. The quantitative estimate of drug-likeness (QED) is 0.662. The van der Waals surface area contributed by atoms with Crippen molar-refractivity contribution in [3.63, 3.8) is 0 Å². The number of aromatic nitrogens is 4. The molecule has 0 N–H and O–H groups in total. The maximum Gasteiger partial charge on any atom is 0.231 e. The molecule has 0 radical (unpaired) electrons. The molecular weight excluding hydrogens is 398 g/mol. The molecule has 1 atom stereocenters. The lowest BCUT2D eigenvalue weighted by molar-refractivity contribution is -0.133. The van der Waals surface area contributed by atoms with Gasteiger partial charge in [-0.05, 0) is 41.0 Å². The van der Waals surface area contributed by atoms with Crippen molar-refractivity contribution in [2.24, 2.45) is 0 Å². The van der Waals surface area contributed by atoms with Crippen LogP contribution in [-0.4, -0.2) is 92.9 Å². The Morgan fingerprint density at radius 3 is 2.81 bits per heavy atom. The summed E-state index contributed by atoms with van der Waals surface area (Å²) in [7, 11) is 0. The van der Waals surface area contributed by atoms with Crippen LogP contribution in [0.5, 0.6) is 11.5 Å². The number of benzene rings is 1. The molecule has 0 aliphatic carbocycles. The first kappa shape index (κ1) is 20.2. The first-order chi connectivity index (χ1) is 15.2. The molecule has 1 amide bonds. The fourth-order valence-corrected chi connectivity index (χ4v) is 4.71. The molecule has 2 fully saturated rings. The van der Waals surface area contributed by atoms with Gasteiger partial charge in [0.25, 0.3) is 0 Å². The molecule has 10 nitrogen and oxygen atoms in total. The van der Waals surface area contributed by atoms with Crippen LogP contribution in [0.15, 0.2) is 24.5 Å². The third-order valence-electron chi connectivity index (χ3n) is 6.46. The topological polar surface area (TPSA) is 88.9 Å². The largest absolute Gasteiger partial charge is 0.454 e. The number of ether oxygens (including phenoxy) is 2. The number of fused-ring (bicyclic) bond motifs is 1. The Hall–Kier alpha value is -2.72. The SMILES string of the molecule is O=C(CCn1cnnn1)N1CCCC(N2CCN(Cc3ccc4c(c3)OCO4)CC2)C1. The number of carbonyl (C=O) groups excluding carboxylic acids is 1. The van der Waals surface area contributed by atoms with Crippen molar-refractivity contribution in [2.45, 2.75) is 38.4 Å². The predicted molar refractivity (Wildman–Crippen MR) is 111 cm³/mol. The van der Waals surface area contributed by atoms with Gasteiger partial charge >= 0.3 is 0 Å². The van der Waals surface area contributed by atoms with Crippen molar-refractivity contribution < 1.29 is 14.3 Å². The first-order valence-electron chi connectivity index (χ1n) is 11.1. The molecule has 2 saturated heterocycles. The predicted octanol–water partition coefficient (Wildman–Crippen LogP) is 0.601. The molecule has 0 bridgehead atoms. The first-order valence-corrected chi connectivity index (χ1v) is 11.1. The van der Waals surface area contributed by atoms with Gasteiger partial charge in [-0.1, -0.05) is 6.07 Å². The second-order valence-electron chi connectivity index (χ2n) is 8.46. The van der Waals surface area contributed by atoms with Crippen LogP contribution in [0.2, 0.25) is 0 Å². The van der Waals surface area contributed by atoms with E-state index in [1.165, 1.54) is 12.0 Å². The van der Waals surface area contributed by atoms with Crippen LogP contribution in [0, 0.1) is 0 Å². The number of amides is 1. The van der Waals surface area contributed by atoms with E-state index >= 15 is 0 Å². The Balaban J connectivity index is 1.09. The van der Waals surface area contributed by atoms with Gasteiger partial charge in [0, 0.05) is 58.3 Å². The van der Waals surface area contributed by atoms with E-state index in [1.807, 2.05) is 11.0 Å². The molecule has 1 aromatic carbocycles. The van der Waals surface area contributed by atoms with Gasteiger partial charge in [0.2, 0.25) is 12.7 Å². The summed E-state index contributed by atoms with van der Waals surface area (Å²) in [6, 6.07) is 6.67. The van der Waals surface area contributed by atoms with E-state index < -0.39 is 0 Å². The summed E-state index contributed by atoms with van der Waals surface area (Å²) >= 11 is 0. The summed E-state index contributed by atoms with van der Waals surface area (Å²) in [5, 5.41) is 11.1. The normalized spacial score (nSPS) is 22.1. The number of tetrazole rings is 1. The number of likely N-dealkylation sites (tertiary alicyclic amines) is 1. The molecule has 4 heterocycles. The lowest BCUT2D eigenvalue weighted by Gasteiger charge is -2.43. The standard InChI is InChI=1S/C21H29N7O3/c29-21(5-7-28-15-22-23-24-28)27-6-1-2-18(14-27)26-10-8-25(9-11-26)13-17-3-4-19-20(12-17)31-16-30-19/h3-4,12,15,18H,1-2,5-11,13-14,16H2. The lowest BCUT2D eigenvalue weighted by atomic mass is 10.0. The fourth-order valence-electron chi connectivity index (χ4n) is 4.71. The Bertz CT molecular complexity index is 883. The molecule has 5 rings (SSSR count). The lowest BCUT2D eigenvalue weighted by Crippen LogP contribution is -2.55. The number of carbonyl (C=O) groups is 1. The minimum Gasteiger partial charge on any atom is -0.454 e. The maximum atomic E-state index is 12.7. The fraction of sp³-hybridized carbons (Fsp3) is 0.619. The number of aryl methyl sites for hydroxylation is 1. The van der Waals surface area contributed by atoms with E-state index in [0.717, 1.165) is 63.7 Å². The zero-order valence-corrected chi connectivity index (χ0v) is 17.7. The molecule has 31 heavy (non-hydrogen) atoms. The minimum absolute atomic E-state index is 0.196. The number of hydrogen-bond donors (Lipinski definition) is 0. The van der Waals surface area contributed by atoms with Crippen LogP contribution in [0.4, 0.5) is 0 Å². The monoisotopic (exact) mass is 427 g/mol. The van der Waals surface area contributed by atoms with Crippen LogP contribution >= 0.6 is 0 Å². The van der Waals surface area contributed by atoms with Crippen molar-refractivity contribution in [1.82, 2.24) is 34.9 Å². The molecule has 166 valence electrons. The highest BCUT2D eigenvalue weighted by atomic mass is 16.7. The van der Waals surface area contributed by atoms with Crippen molar-refractivity contribution >= 4 is 5.91 Å². The third kappa shape index (κ3) is 4.80. The summed E-state index contributed by atoms with van der Waals surface area (Å²) in [5.41, 5.74) is 1.26. The van der Waals surface area contributed by atoms with Crippen molar-refractivity contribution in [1.29, 1.82) is 0 Å². The van der Waals surface area contributed by atoms with Crippen LogP contribution in [-0.2, 0) is 17.9 Å². The van der Waals surface area contributed by atoms with Crippen LogP contribution in [0.3, 0.4) is 0 Å². The Morgan fingerprint density at radius 1 is 1.10 bits per heavy atom. The van der Waals surface area contributed by atoms with Gasteiger partial charge in [0.15, 0.2) is 11.5 Å². The number of hydrogen-bond acceptors (Lipinski definition) is 8. The van der Waals surface area contributed by atoms with E-state index in [-0.39, 0.29) is 5.91 Å². The zero-order valence-electron chi connectivity index (χ0n) is 17.7. The number of piperazine rings is 1. The Kier molecular flexibility index (Phi) is 5.99. The van der Waals surface area contributed by atoms with Crippen molar-refractivity contribution in [2.75, 3.05) is 46.1 Å². The van der Waals surface area contributed by atoms with Crippen molar-refractivity contribution in [3.05, 3.63) is 30.1 Å². The van der Waals surface area contributed by atoms with Crippen molar-refractivity contribution in [3.8, 4) is 11.5 Å². The highest BCUT2D eigenvalue weighted by Crippen LogP contribution is 2.33. The van der Waals surface area contributed by atoms with E-state index in [2.05, 4.69) is 37.5 Å². The summed E-state index contributed by atoms with van der Waals surface area (Å²) < 4.78 is 12.5. The number of nitrogens with zero attached hydrogens (tertiary/aromatic N) is 7. The van der Waals surface area contributed by atoms with Crippen LogP contribution in [0.25, 0.3) is 0 Å². The summed E-state index contributed by atoms with van der Waals surface area (Å²) in [5.74, 6) is 1.88. The van der Waals surface area contributed by atoms with Gasteiger partial charge < -0.3 is 14.4 Å². The number of piperidine rings is 1. The second kappa shape index (κ2) is 9.19. The zero-order chi connectivity index (χ0) is 21.0. The maximum absolute atomic E-state index is 12.7. The molecule has 1 aromatic heterocycles. The summed E-state index contributed by atoms with van der Waals surface area (Å²) in [6.45, 7) is 7.63. The van der Waals surface area contributed by atoms with E-state index in [1.54, 1.807) is 11.0 Å². The molecule has 1 unspecified atom stereocenters. The Labute approximate surface area is 181 Å². The van der Waals surface area contributed by atoms with Gasteiger partial charge in [-0.3, -0.25) is 14.6 Å². The molecular formula is C21H29N7O3. The Morgan fingerprint density at radius 2 is 1.97 bits per heavy atom. The smallest absolute Gasteiger partial charge is 0.231 e.